The van der Waals surface area contributed by atoms with Gasteiger partial charge in [0.1, 0.15) is 11.1 Å². The molecule has 0 saturated carbocycles. The number of benzene rings is 1. The Kier molecular flexibility index (Phi) is 5.79. The minimum atomic E-state index is -0.111. The van der Waals surface area contributed by atoms with Gasteiger partial charge in [0.15, 0.2) is 18.3 Å². The standard InChI is InChI=1S/C23H23N3O2S/c1-15-9-10-17-18(13-24)23(29-20(17)12-15)26-21(27)14-25-22(19-8-5-11-28-19)16-6-3-2-4-7-16/h2-8,11,15,22,25H,9-10,12,14H2,1H3,(H,26,27)/p+1/t15-,22+/m1/s1. The molecule has 2 heterocycles. The number of thiophene rings is 1. The van der Waals surface area contributed by atoms with Gasteiger partial charge in [0.05, 0.1) is 11.8 Å². The number of carbonyl (C=O) groups is 1. The van der Waals surface area contributed by atoms with E-state index in [9.17, 15) is 10.1 Å². The highest BCUT2D eigenvalue weighted by atomic mass is 32.1. The van der Waals surface area contributed by atoms with Crippen LogP contribution in [-0.2, 0) is 17.6 Å². The smallest absolute Gasteiger partial charge is 0.280 e. The van der Waals surface area contributed by atoms with E-state index < -0.39 is 0 Å². The minimum Gasteiger partial charge on any atom is -0.463 e. The van der Waals surface area contributed by atoms with E-state index in [4.69, 9.17) is 4.42 Å². The minimum absolute atomic E-state index is 0.0928. The molecule has 6 heteroatoms. The van der Waals surface area contributed by atoms with Crippen molar-refractivity contribution >= 4 is 22.2 Å². The van der Waals surface area contributed by atoms with Crippen molar-refractivity contribution in [3.05, 3.63) is 76.1 Å². The molecule has 4 rings (SSSR count). The van der Waals surface area contributed by atoms with Gasteiger partial charge < -0.3 is 15.1 Å². The second kappa shape index (κ2) is 8.64. The fourth-order valence-electron chi connectivity index (χ4n) is 3.90. The zero-order valence-corrected chi connectivity index (χ0v) is 17.2. The lowest BCUT2D eigenvalue weighted by Crippen LogP contribution is -2.87. The van der Waals surface area contributed by atoms with Gasteiger partial charge in [-0.15, -0.1) is 11.3 Å². The van der Waals surface area contributed by atoms with Gasteiger partial charge in [0.2, 0.25) is 0 Å². The molecule has 2 aromatic heterocycles. The van der Waals surface area contributed by atoms with Crippen molar-refractivity contribution in [1.29, 1.82) is 5.26 Å². The quantitative estimate of drug-likeness (QED) is 0.656. The molecule has 0 aliphatic heterocycles. The summed E-state index contributed by atoms with van der Waals surface area (Å²) >= 11 is 1.56. The van der Waals surface area contributed by atoms with Crippen molar-refractivity contribution in [3.8, 4) is 6.07 Å². The SMILES string of the molecule is C[C@@H]1CCc2c(sc(NC(=O)C[NH2+][C@@H](c3ccccc3)c3ccco3)c2C#N)C1. The van der Waals surface area contributed by atoms with Crippen LogP contribution in [0.3, 0.4) is 0 Å². The van der Waals surface area contributed by atoms with Crippen LogP contribution >= 0.6 is 11.3 Å². The number of carbonyl (C=O) groups excluding carboxylic acids is 1. The number of fused-ring (bicyclic) bond motifs is 1. The molecule has 0 radical (unpaired) electrons. The molecule has 0 unspecified atom stereocenters. The molecular formula is C23H24N3O2S+. The zero-order valence-electron chi connectivity index (χ0n) is 16.4. The summed E-state index contributed by atoms with van der Waals surface area (Å²) in [6, 6.07) is 16.0. The zero-order chi connectivity index (χ0) is 20.2. The average Bonchev–Trinajstić information content (AvgIpc) is 3.36. The van der Waals surface area contributed by atoms with E-state index in [0.29, 0.717) is 16.5 Å². The normalized spacial score (nSPS) is 16.6. The Bertz CT molecular complexity index is 1020. The van der Waals surface area contributed by atoms with E-state index in [1.165, 1.54) is 4.88 Å². The molecule has 0 fully saturated rings. The van der Waals surface area contributed by atoms with E-state index in [-0.39, 0.29) is 18.5 Å². The lowest BCUT2D eigenvalue weighted by molar-refractivity contribution is -0.678. The number of nitrogens with one attached hydrogen (secondary N) is 1. The van der Waals surface area contributed by atoms with Gasteiger partial charge >= 0.3 is 0 Å². The van der Waals surface area contributed by atoms with Crippen LogP contribution in [0.1, 0.15) is 46.7 Å². The molecule has 3 N–H and O–H groups in total. The molecule has 1 aliphatic carbocycles. The van der Waals surface area contributed by atoms with Crippen LogP contribution in [0.5, 0.6) is 0 Å². The number of hydrogen-bond donors (Lipinski definition) is 2. The number of nitrogens with zero attached hydrogens (tertiary/aromatic N) is 1. The molecular weight excluding hydrogens is 382 g/mol. The van der Waals surface area contributed by atoms with Crippen molar-refractivity contribution in [2.24, 2.45) is 5.92 Å². The fraction of sp³-hybridized carbons (Fsp3) is 0.304. The van der Waals surface area contributed by atoms with Gasteiger partial charge in [0, 0.05) is 10.4 Å². The molecule has 2 atom stereocenters. The molecule has 1 aromatic carbocycles. The number of nitrogens with two attached hydrogens (primary N) is 1. The summed E-state index contributed by atoms with van der Waals surface area (Å²) < 4.78 is 5.60. The first-order valence-corrected chi connectivity index (χ1v) is 10.7. The predicted molar refractivity (Wildman–Crippen MR) is 113 cm³/mol. The Morgan fingerprint density at radius 1 is 1.34 bits per heavy atom. The van der Waals surface area contributed by atoms with Crippen LogP contribution in [-0.4, -0.2) is 12.5 Å². The first kappa shape index (κ1) is 19.4. The van der Waals surface area contributed by atoms with Crippen molar-refractivity contribution in [2.45, 2.75) is 32.2 Å². The Morgan fingerprint density at radius 3 is 2.90 bits per heavy atom. The van der Waals surface area contributed by atoms with Crippen LogP contribution in [0.15, 0.2) is 53.1 Å². The second-order valence-electron chi connectivity index (χ2n) is 7.56. The maximum Gasteiger partial charge on any atom is 0.280 e. The number of nitriles is 1. The highest BCUT2D eigenvalue weighted by Crippen LogP contribution is 2.39. The van der Waals surface area contributed by atoms with Crippen LogP contribution < -0.4 is 10.6 Å². The van der Waals surface area contributed by atoms with Gasteiger partial charge in [-0.1, -0.05) is 37.3 Å². The predicted octanol–water partition coefficient (Wildman–Crippen LogP) is 3.63. The maximum absolute atomic E-state index is 12.7. The molecule has 3 aromatic rings. The van der Waals surface area contributed by atoms with Gasteiger partial charge in [-0.25, -0.2) is 0 Å². The van der Waals surface area contributed by atoms with Gasteiger partial charge in [0.25, 0.3) is 5.91 Å². The van der Waals surface area contributed by atoms with Gasteiger partial charge in [-0.05, 0) is 42.9 Å². The number of rotatable bonds is 6. The summed E-state index contributed by atoms with van der Waals surface area (Å²) in [5, 5.41) is 15.3. The van der Waals surface area contributed by atoms with Gasteiger partial charge in [-0.2, -0.15) is 5.26 Å². The van der Waals surface area contributed by atoms with Crippen molar-refractivity contribution in [2.75, 3.05) is 11.9 Å². The summed E-state index contributed by atoms with van der Waals surface area (Å²) in [5.74, 6) is 1.33. The Morgan fingerprint density at radius 2 is 2.17 bits per heavy atom. The number of quaternary nitrogens is 1. The lowest BCUT2D eigenvalue weighted by Gasteiger charge is -2.17. The molecule has 148 valence electrons. The molecule has 1 aliphatic rings. The monoisotopic (exact) mass is 406 g/mol. The topological polar surface area (TPSA) is 82.6 Å². The molecule has 0 bridgehead atoms. The van der Waals surface area contributed by atoms with E-state index in [1.807, 2.05) is 47.8 Å². The van der Waals surface area contributed by atoms with E-state index in [0.717, 1.165) is 36.1 Å². The summed E-state index contributed by atoms with van der Waals surface area (Å²) in [5.41, 5.74) is 2.86. The Hall–Kier alpha value is -2.88. The largest absolute Gasteiger partial charge is 0.463 e. The van der Waals surface area contributed by atoms with E-state index >= 15 is 0 Å². The third-order valence-corrected chi connectivity index (χ3v) is 6.59. The average molecular weight is 407 g/mol. The maximum atomic E-state index is 12.7. The lowest BCUT2D eigenvalue weighted by atomic mass is 9.89. The Labute approximate surface area is 174 Å². The number of hydrogen-bond acceptors (Lipinski definition) is 4. The third kappa shape index (κ3) is 4.26. The molecule has 0 saturated heterocycles. The van der Waals surface area contributed by atoms with Crippen molar-refractivity contribution < 1.29 is 14.5 Å². The molecule has 5 nitrogen and oxygen atoms in total. The van der Waals surface area contributed by atoms with Gasteiger partial charge in [-0.3, -0.25) is 4.79 Å². The molecule has 0 spiro atoms. The van der Waals surface area contributed by atoms with Crippen molar-refractivity contribution in [1.82, 2.24) is 0 Å². The summed E-state index contributed by atoms with van der Waals surface area (Å²) in [7, 11) is 0. The van der Waals surface area contributed by atoms with Crippen LogP contribution in [0.4, 0.5) is 5.00 Å². The highest BCUT2D eigenvalue weighted by Gasteiger charge is 2.26. The number of amides is 1. The van der Waals surface area contributed by atoms with Crippen molar-refractivity contribution in [3.63, 3.8) is 0 Å². The van der Waals surface area contributed by atoms with E-state index in [2.05, 4.69) is 18.3 Å². The highest BCUT2D eigenvalue weighted by molar-refractivity contribution is 7.16. The fourth-order valence-corrected chi connectivity index (χ4v) is 5.28. The summed E-state index contributed by atoms with van der Waals surface area (Å²) in [6.45, 7) is 2.48. The molecule has 29 heavy (non-hydrogen) atoms. The Balaban J connectivity index is 1.47. The van der Waals surface area contributed by atoms with Crippen LogP contribution in [0.2, 0.25) is 0 Å². The number of anilines is 1. The summed E-state index contributed by atoms with van der Waals surface area (Å²) in [4.78, 5) is 13.9. The molecule has 1 amide bonds. The number of furan rings is 1. The first-order chi connectivity index (χ1) is 14.2. The summed E-state index contributed by atoms with van der Waals surface area (Å²) in [6.07, 6.45) is 4.66. The van der Waals surface area contributed by atoms with Crippen LogP contribution in [0.25, 0.3) is 0 Å². The first-order valence-electron chi connectivity index (χ1n) is 9.92. The third-order valence-electron chi connectivity index (χ3n) is 5.42. The van der Waals surface area contributed by atoms with E-state index in [1.54, 1.807) is 17.6 Å². The second-order valence-corrected chi connectivity index (χ2v) is 8.66. The van der Waals surface area contributed by atoms with Crippen LogP contribution in [0, 0.1) is 17.2 Å².